The lowest BCUT2D eigenvalue weighted by Crippen LogP contribution is -2.50. The first-order chi connectivity index (χ1) is 13.8. The standard InChI is InChI=1S/C24H30ClF2NO/c1-24(29,14-19-11-22(26)13-23(27)12-19)15-20-16-28(17-20)10-4-2-3-5-18-6-8-21(25)9-7-18/h6-9,11-13,20,29H,2-5,10,14-17H2,1H3. The molecule has 1 fully saturated rings. The summed E-state index contributed by atoms with van der Waals surface area (Å²) in [7, 11) is 0. The minimum Gasteiger partial charge on any atom is -0.390 e. The third kappa shape index (κ3) is 7.36. The molecule has 3 rings (SSSR count). The van der Waals surface area contributed by atoms with Crippen molar-refractivity contribution >= 4 is 11.6 Å². The van der Waals surface area contributed by atoms with Crippen LogP contribution >= 0.6 is 11.6 Å². The smallest absolute Gasteiger partial charge is 0.126 e. The van der Waals surface area contributed by atoms with Crippen molar-refractivity contribution in [2.75, 3.05) is 19.6 Å². The highest BCUT2D eigenvalue weighted by Crippen LogP contribution is 2.28. The molecule has 2 aromatic rings. The Labute approximate surface area is 177 Å². The molecule has 0 bridgehead atoms. The fourth-order valence-electron chi connectivity index (χ4n) is 4.33. The van der Waals surface area contributed by atoms with Crippen molar-refractivity contribution in [1.29, 1.82) is 0 Å². The van der Waals surface area contributed by atoms with E-state index in [2.05, 4.69) is 17.0 Å². The van der Waals surface area contributed by atoms with Gasteiger partial charge in [0.1, 0.15) is 11.6 Å². The molecule has 1 atom stereocenters. The Bertz CT molecular complexity index is 768. The Morgan fingerprint density at radius 1 is 1.00 bits per heavy atom. The monoisotopic (exact) mass is 421 g/mol. The van der Waals surface area contributed by atoms with Gasteiger partial charge in [0, 0.05) is 30.6 Å². The van der Waals surface area contributed by atoms with Crippen LogP contribution in [0.5, 0.6) is 0 Å². The van der Waals surface area contributed by atoms with Gasteiger partial charge in [0.2, 0.25) is 0 Å². The van der Waals surface area contributed by atoms with Gasteiger partial charge < -0.3 is 10.0 Å². The molecule has 1 unspecified atom stereocenters. The topological polar surface area (TPSA) is 23.5 Å². The second-order valence-corrected chi connectivity index (χ2v) is 9.15. The zero-order valence-corrected chi connectivity index (χ0v) is 17.8. The van der Waals surface area contributed by atoms with Crippen molar-refractivity contribution in [2.24, 2.45) is 5.92 Å². The molecule has 0 amide bonds. The molecule has 2 nitrogen and oxygen atoms in total. The minimum atomic E-state index is -0.949. The number of rotatable bonds is 10. The normalized spacial score (nSPS) is 17.1. The van der Waals surface area contributed by atoms with Gasteiger partial charge in [-0.15, -0.1) is 0 Å². The van der Waals surface area contributed by atoms with Gasteiger partial charge in [-0.1, -0.05) is 30.2 Å². The third-order valence-corrected chi connectivity index (χ3v) is 5.87. The summed E-state index contributed by atoms with van der Waals surface area (Å²) in [6.45, 7) is 4.83. The number of hydrogen-bond donors (Lipinski definition) is 1. The molecule has 0 radical (unpaired) electrons. The molecule has 29 heavy (non-hydrogen) atoms. The molecule has 1 N–H and O–H groups in total. The van der Waals surface area contributed by atoms with E-state index in [9.17, 15) is 13.9 Å². The molecule has 158 valence electrons. The van der Waals surface area contributed by atoms with Gasteiger partial charge in [-0.25, -0.2) is 8.78 Å². The number of aliphatic hydroxyl groups is 1. The van der Waals surface area contributed by atoms with Crippen LogP contribution in [-0.4, -0.2) is 35.2 Å². The van der Waals surface area contributed by atoms with Gasteiger partial charge in [0.05, 0.1) is 5.60 Å². The maximum absolute atomic E-state index is 13.3. The molecule has 0 spiro atoms. The summed E-state index contributed by atoms with van der Waals surface area (Å²) >= 11 is 5.91. The Kier molecular flexibility index (Phi) is 7.66. The molecular weight excluding hydrogens is 392 g/mol. The Balaban J connectivity index is 1.29. The molecule has 1 heterocycles. The van der Waals surface area contributed by atoms with E-state index in [4.69, 9.17) is 11.6 Å². The van der Waals surface area contributed by atoms with E-state index < -0.39 is 17.2 Å². The highest BCUT2D eigenvalue weighted by molar-refractivity contribution is 6.30. The van der Waals surface area contributed by atoms with Gasteiger partial charge >= 0.3 is 0 Å². The predicted octanol–water partition coefficient (Wildman–Crippen LogP) is 5.65. The van der Waals surface area contributed by atoms with Crippen LogP contribution in [0.15, 0.2) is 42.5 Å². The Hall–Kier alpha value is -1.49. The number of halogens is 3. The van der Waals surface area contributed by atoms with Crippen LogP contribution in [0.2, 0.25) is 5.02 Å². The van der Waals surface area contributed by atoms with Crippen molar-refractivity contribution in [2.45, 2.75) is 51.0 Å². The van der Waals surface area contributed by atoms with Gasteiger partial charge in [-0.3, -0.25) is 0 Å². The number of unbranched alkanes of at least 4 members (excludes halogenated alkanes) is 2. The average Bonchev–Trinajstić information content (AvgIpc) is 2.59. The fraction of sp³-hybridized carbons (Fsp3) is 0.500. The molecule has 5 heteroatoms. The van der Waals surface area contributed by atoms with E-state index in [1.165, 1.54) is 37.0 Å². The summed E-state index contributed by atoms with van der Waals surface area (Å²) in [5.74, 6) is -0.749. The molecule has 1 aliphatic heterocycles. The maximum atomic E-state index is 13.3. The van der Waals surface area contributed by atoms with Gasteiger partial charge in [-0.05, 0) is 80.5 Å². The third-order valence-electron chi connectivity index (χ3n) is 5.62. The van der Waals surface area contributed by atoms with Crippen LogP contribution in [-0.2, 0) is 12.8 Å². The maximum Gasteiger partial charge on any atom is 0.126 e. The second-order valence-electron chi connectivity index (χ2n) is 8.72. The van der Waals surface area contributed by atoms with E-state index in [-0.39, 0.29) is 6.42 Å². The van der Waals surface area contributed by atoms with Crippen LogP contribution in [0.25, 0.3) is 0 Å². The van der Waals surface area contributed by atoms with Gasteiger partial charge in [0.15, 0.2) is 0 Å². The number of nitrogens with zero attached hydrogens (tertiary/aromatic N) is 1. The number of aryl methyl sites for hydroxylation is 1. The molecule has 0 saturated carbocycles. The SMILES string of the molecule is CC(O)(Cc1cc(F)cc(F)c1)CC1CN(CCCCCc2ccc(Cl)cc2)C1. The first-order valence-corrected chi connectivity index (χ1v) is 10.8. The van der Waals surface area contributed by atoms with E-state index in [0.29, 0.717) is 17.9 Å². The van der Waals surface area contributed by atoms with Crippen molar-refractivity contribution in [3.63, 3.8) is 0 Å². The largest absolute Gasteiger partial charge is 0.390 e. The van der Waals surface area contributed by atoms with Crippen molar-refractivity contribution in [3.8, 4) is 0 Å². The van der Waals surface area contributed by atoms with Crippen molar-refractivity contribution < 1.29 is 13.9 Å². The lowest BCUT2D eigenvalue weighted by molar-refractivity contribution is -0.00842. The van der Waals surface area contributed by atoms with E-state index in [1.807, 2.05) is 12.1 Å². The molecular formula is C24H30ClF2NO. The van der Waals surface area contributed by atoms with Gasteiger partial charge in [-0.2, -0.15) is 0 Å². The first-order valence-electron chi connectivity index (χ1n) is 10.4. The van der Waals surface area contributed by atoms with Crippen LogP contribution in [0.1, 0.15) is 43.7 Å². The summed E-state index contributed by atoms with van der Waals surface area (Å²) in [5, 5.41) is 11.5. The Morgan fingerprint density at radius 2 is 1.66 bits per heavy atom. The molecule has 2 aromatic carbocycles. The van der Waals surface area contributed by atoms with Crippen LogP contribution in [0, 0.1) is 17.6 Å². The van der Waals surface area contributed by atoms with Crippen molar-refractivity contribution in [3.05, 3.63) is 70.2 Å². The molecule has 0 aliphatic carbocycles. The second kappa shape index (κ2) is 10.0. The number of benzene rings is 2. The van der Waals surface area contributed by atoms with E-state index >= 15 is 0 Å². The lowest BCUT2D eigenvalue weighted by Gasteiger charge is -2.42. The average molecular weight is 422 g/mol. The molecule has 1 saturated heterocycles. The number of hydrogen-bond acceptors (Lipinski definition) is 2. The van der Waals surface area contributed by atoms with Crippen LogP contribution < -0.4 is 0 Å². The summed E-state index contributed by atoms with van der Waals surface area (Å²) in [5.41, 5.74) is 0.887. The fourth-order valence-corrected chi connectivity index (χ4v) is 4.45. The van der Waals surface area contributed by atoms with E-state index in [1.54, 1.807) is 6.92 Å². The minimum absolute atomic E-state index is 0.267. The predicted molar refractivity (Wildman–Crippen MR) is 114 cm³/mol. The number of likely N-dealkylation sites (tertiary alicyclic amines) is 1. The zero-order chi connectivity index (χ0) is 20.9. The van der Waals surface area contributed by atoms with E-state index in [0.717, 1.165) is 37.1 Å². The summed E-state index contributed by atoms with van der Waals surface area (Å²) in [6.07, 6.45) is 5.56. The van der Waals surface area contributed by atoms with Crippen LogP contribution in [0.3, 0.4) is 0 Å². The van der Waals surface area contributed by atoms with Crippen molar-refractivity contribution in [1.82, 2.24) is 4.90 Å². The highest BCUT2D eigenvalue weighted by atomic mass is 35.5. The summed E-state index contributed by atoms with van der Waals surface area (Å²) in [4.78, 5) is 2.42. The van der Waals surface area contributed by atoms with Crippen LogP contribution in [0.4, 0.5) is 8.78 Å². The molecule has 0 aromatic heterocycles. The van der Waals surface area contributed by atoms with Gasteiger partial charge in [0.25, 0.3) is 0 Å². The Morgan fingerprint density at radius 3 is 2.31 bits per heavy atom. The summed E-state index contributed by atoms with van der Waals surface area (Å²) < 4.78 is 26.7. The lowest BCUT2D eigenvalue weighted by atomic mass is 9.83. The quantitative estimate of drug-likeness (QED) is 0.501. The highest BCUT2D eigenvalue weighted by Gasteiger charge is 2.33. The molecule has 1 aliphatic rings. The first kappa shape index (κ1) is 22.2. The zero-order valence-electron chi connectivity index (χ0n) is 17.0. The summed E-state index contributed by atoms with van der Waals surface area (Å²) in [6, 6.07) is 11.5.